The lowest BCUT2D eigenvalue weighted by Crippen LogP contribution is -2.25. The Labute approximate surface area is 150 Å². The Morgan fingerprint density at radius 2 is 1.42 bits per heavy atom. The highest BCUT2D eigenvalue weighted by molar-refractivity contribution is 5.89. The summed E-state index contributed by atoms with van der Waals surface area (Å²) >= 11 is 0. The predicted molar refractivity (Wildman–Crippen MR) is 93.9 cm³/mol. The second kappa shape index (κ2) is 8.57. The Morgan fingerprint density at radius 1 is 0.846 bits per heavy atom. The summed E-state index contributed by atoms with van der Waals surface area (Å²) in [5, 5.41) is 9.14. The molecule has 26 heavy (non-hydrogen) atoms. The van der Waals surface area contributed by atoms with Gasteiger partial charge in [-0.1, -0.05) is 65.8 Å². The van der Waals surface area contributed by atoms with Crippen molar-refractivity contribution in [3.8, 4) is 0 Å². The summed E-state index contributed by atoms with van der Waals surface area (Å²) < 4.78 is 4.93. The maximum Gasteiger partial charge on any atom is 0.315 e. The fourth-order valence-corrected chi connectivity index (χ4v) is 2.27. The molecule has 2 aromatic carbocycles. The highest BCUT2D eigenvalue weighted by atomic mass is 16.5. The van der Waals surface area contributed by atoms with Crippen LogP contribution in [0, 0.1) is 0 Å². The maximum atomic E-state index is 12.0. The lowest BCUT2D eigenvalue weighted by atomic mass is 10.2. The second-order valence-corrected chi connectivity index (χ2v) is 5.62. The van der Waals surface area contributed by atoms with Gasteiger partial charge in [-0.3, -0.25) is 9.59 Å². The molecule has 0 spiro atoms. The summed E-state index contributed by atoms with van der Waals surface area (Å²) in [4.78, 5) is 27.9. The molecule has 7 nitrogen and oxygen atoms in total. The van der Waals surface area contributed by atoms with Crippen molar-refractivity contribution in [1.29, 1.82) is 0 Å². The van der Waals surface area contributed by atoms with Crippen LogP contribution in [0.15, 0.2) is 65.2 Å². The van der Waals surface area contributed by atoms with E-state index in [0.717, 1.165) is 11.1 Å². The molecule has 0 radical (unpaired) electrons. The minimum Gasteiger partial charge on any atom is -0.352 e. The third-order valence-electron chi connectivity index (χ3n) is 3.61. The number of carbonyl (C=O) groups is 2. The van der Waals surface area contributed by atoms with Crippen molar-refractivity contribution in [3.63, 3.8) is 0 Å². The molecule has 0 aliphatic rings. The number of carbonyl (C=O) groups excluding carboxylic acids is 2. The molecule has 1 heterocycles. The molecule has 0 aliphatic carbocycles. The zero-order valence-corrected chi connectivity index (χ0v) is 14.0. The van der Waals surface area contributed by atoms with E-state index in [-0.39, 0.29) is 24.0 Å². The van der Waals surface area contributed by atoms with Gasteiger partial charge in [0.2, 0.25) is 5.91 Å². The van der Waals surface area contributed by atoms with Gasteiger partial charge in [-0.2, -0.15) is 4.98 Å². The molecule has 0 unspecified atom stereocenters. The molecule has 0 bridgehead atoms. The van der Waals surface area contributed by atoms with Gasteiger partial charge in [0.05, 0.1) is 6.42 Å². The van der Waals surface area contributed by atoms with E-state index in [2.05, 4.69) is 20.8 Å². The highest BCUT2D eigenvalue weighted by Gasteiger charge is 2.16. The van der Waals surface area contributed by atoms with Crippen LogP contribution < -0.4 is 10.6 Å². The summed E-state index contributed by atoms with van der Waals surface area (Å²) in [6.45, 7) is 0.775. The lowest BCUT2D eigenvalue weighted by Gasteiger charge is -2.03. The van der Waals surface area contributed by atoms with Crippen LogP contribution in [0.4, 0.5) is 0 Å². The minimum absolute atomic E-state index is 0.0533. The molecule has 7 heteroatoms. The number of amides is 2. The predicted octanol–water partition coefficient (Wildman–Crippen LogP) is 1.86. The van der Waals surface area contributed by atoms with Crippen molar-refractivity contribution >= 4 is 11.8 Å². The molecule has 3 rings (SSSR count). The minimum atomic E-state index is -0.475. The van der Waals surface area contributed by atoms with E-state index >= 15 is 0 Å². The van der Waals surface area contributed by atoms with Gasteiger partial charge in [-0.15, -0.1) is 0 Å². The summed E-state index contributed by atoms with van der Waals surface area (Å²) in [5.74, 6) is -0.713. The molecule has 2 amide bonds. The fraction of sp³-hybridized carbons (Fsp3) is 0.158. The van der Waals surface area contributed by atoms with Crippen molar-refractivity contribution in [3.05, 3.63) is 83.5 Å². The van der Waals surface area contributed by atoms with Crippen LogP contribution >= 0.6 is 0 Å². The molecule has 0 saturated heterocycles. The quantitative estimate of drug-likeness (QED) is 0.678. The van der Waals surface area contributed by atoms with Crippen LogP contribution in [-0.2, 0) is 24.3 Å². The number of nitrogens with one attached hydrogen (secondary N) is 2. The SMILES string of the molecule is O=C(Cc1noc(C(=O)NCc2ccccc2)n1)NCc1ccccc1. The van der Waals surface area contributed by atoms with Crippen molar-refractivity contribution in [2.75, 3.05) is 0 Å². The monoisotopic (exact) mass is 350 g/mol. The summed E-state index contributed by atoms with van der Waals surface area (Å²) in [6, 6.07) is 19.0. The average molecular weight is 350 g/mol. The third kappa shape index (κ3) is 5.01. The smallest absolute Gasteiger partial charge is 0.315 e. The van der Waals surface area contributed by atoms with E-state index in [0.29, 0.717) is 13.1 Å². The Bertz CT molecular complexity index is 863. The number of hydrogen-bond acceptors (Lipinski definition) is 5. The largest absolute Gasteiger partial charge is 0.352 e. The average Bonchev–Trinajstić information content (AvgIpc) is 3.14. The van der Waals surface area contributed by atoms with Crippen molar-refractivity contribution < 1.29 is 14.1 Å². The van der Waals surface area contributed by atoms with Crippen LogP contribution in [0.1, 0.15) is 27.6 Å². The van der Waals surface area contributed by atoms with E-state index in [9.17, 15) is 9.59 Å². The topological polar surface area (TPSA) is 97.1 Å². The summed E-state index contributed by atoms with van der Waals surface area (Å²) in [5.41, 5.74) is 1.95. The first-order valence-electron chi connectivity index (χ1n) is 8.16. The van der Waals surface area contributed by atoms with Gasteiger partial charge in [-0.05, 0) is 11.1 Å². The van der Waals surface area contributed by atoms with Gasteiger partial charge in [0, 0.05) is 13.1 Å². The molecule has 0 saturated carbocycles. The first-order chi connectivity index (χ1) is 12.7. The Balaban J connectivity index is 1.47. The van der Waals surface area contributed by atoms with Gasteiger partial charge in [-0.25, -0.2) is 0 Å². The standard InChI is InChI=1S/C19H18N4O3/c24-17(20-12-14-7-3-1-4-8-14)11-16-22-19(26-23-16)18(25)21-13-15-9-5-2-6-10-15/h1-10H,11-13H2,(H,20,24)(H,21,25). The van der Waals surface area contributed by atoms with Gasteiger partial charge >= 0.3 is 11.8 Å². The Morgan fingerprint density at radius 3 is 2.04 bits per heavy atom. The maximum absolute atomic E-state index is 12.0. The van der Waals surface area contributed by atoms with E-state index in [1.165, 1.54) is 0 Å². The van der Waals surface area contributed by atoms with E-state index in [1.54, 1.807) is 0 Å². The van der Waals surface area contributed by atoms with Crippen LogP contribution in [0.5, 0.6) is 0 Å². The molecule has 0 aliphatic heterocycles. The molecule has 0 fully saturated rings. The van der Waals surface area contributed by atoms with Crippen LogP contribution in [0.2, 0.25) is 0 Å². The lowest BCUT2D eigenvalue weighted by molar-refractivity contribution is -0.120. The molecular weight excluding hydrogens is 332 g/mol. The third-order valence-corrected chi connectivity index (χ3v) is 3.61. The van der Waals surface area contributed by atoms with Crippen molar-refractivity contribution in [2.45, 2.75) is 19.5 Å². The highest BCUT2D eigenvalue weighted by Crippen LogP contribution is 2.02. The van der Waals surface area contributed by atoms with E-state index < -0.39 is 5.91 Å². The van der Waals surface area contributed by atoms with Gasteiger partial charge in [0.15, 0.2) is 5.82 Å². The summed E-state index contributed by atoms with van der Waals surface area (Å²) in [6.07, 6.45) is -0.0533. The van der Waals surface area contributed by atoms with Gasteiger partial charge < -0.3 is 15.2 Å². The van der Waals surface area contributed by atoms with Gasteiger partial charge in [0.1, 0.15) is 0 Å². The molecule has 2 N–H and O–H groups in total. The van der Waals surface area contributed by atoms with E-state index in [1.807, 2.05) is 60.7 Å². The number of nitrogens with zero attached hydrogens (tertiary/aromatic N) is 2. The Hall–Kier alpha value is -3.48. The van der Waals surface area contributed by atoms with Crippen molar-refractivity contribution in [1.82, 2.24) is 20.8 Å². The fourth-order valence-electron chi connectivity index (χ4n) is 2.27. The number of rotatable bonds is 7. The zero-order chi connectivity index (χ0) is 18.2. The second-order valence-electron chi connectivity index (χ2n) is 5.62. The zero-order valence-electron chi connectivity index (χ0n) is 14.0. The van der Waals surface area contributed by atoms with Crippen LogP contribution in [-0.4, -0.2) is 22.0 Å². The first-order valence-corrected chi connectivity index (χ1v) is 8.16. The normalized spacial score (nSPS) is 10.3. The van der Waals surface area contributed by atoms with Crippen LogP contribution in [0.25, 0.3) is 0 Å². The van der Waals surface area contributed by atoms with Crippen molar-refractivity contribution in [2.24, 2.45) is 0 Å². The number of aromatic nitrogens is 2. The molecule has 3 aromatic rings. The molecule has 132 valence electrons. The molecule has 1 aromatic heterocycles. The first kappa shape index (κ1) is 17.3. The number of benzene rings is 2. The summed E-state index contributed by atoms with van der Waals surface area (Å²) in [7, 11) is 0. The number of hydrogen-bond donors (Lipinski definition) is 2. The molecular formula is C19H18N4O3. The molecule has 0 atom stereocenters. The van der Waals surface area contributed by atoms with E-state index in [4.69, 9.17) is 4.52 Å². The Kier molecular flexibility index (Phi) is 5.72. The van der Waals surface area contributed by atoms with Crippen LogP contribution in [0.3, 0.4) is 0 Å². The van der Waals surface area contributed by atoms with Gasteiger partial charge in [0.25, 0.3) is 0 Å².